The van der Waals surface area contributed by atoms with Crippen molar-refractivity contribution in [3.05, 3.63) is 6.42 Å². The van der Waals surface area contributed by atoms with Gasteiger partial charge in [-0.05, 0) is 18.8 Å². The van der Waals surface area contributed by atoms with Crippen molar-refractivity contribution in [3.8, 4) is 0 Å². The van der Waals surface area contributed by atoms with Gasteiger partial charge in [-0.3, -0.25) is 4.79 Å². The maximum Gasteiger partial charge on any atom is 1.00 e. The minimum Gasteiger partial charge on any atom is -1.00 e. The Balaban J connectivity index is 0.000000845. The van der Waals surface area contributed by atoms with Crippen LogP contribution in [0.25, 0.3) is 0 Å². The minimum absolute atomic E-state index is 0. The van der Waals surface area contributed by atoms with E-state index in [1.165, 1.54) is 6.92 Å². The summed E-state index contributed by atoms with van der Waals surface area (Å²) in [6.07, 6.45) is 3.50. The van der Waals surface area contributed by atoms with Crippen molar-refractivity contribution in [3.63, 3.8) is 0 Å². The maximum atomic E-state index is 10.7. The van der Waals surface area contributed by atoms with Gasteiger partial charge in [0.15, 0.2) is 0 Å². The fourth-order valence-corrected chi connectivity index (χ4v) is 2.33. The van der Waals surface area contributed by atoms with E-state index in [1.54, 1.807) is 0 Å². The number of aliphatic hydroxyl groups is 1. The van der Waals surface area contributed by atoms with Gasteiger partial charge in [0.05, 0.1) is 6.10 Å². The Bertz CT molecular complexity index is 212. The number of fused-ring (bicyclic) bond motifs is 2. The monoisotopic (exact) mass is 406 g/mol. The number of carbonyl (C=O) groups is 1. The molecule has 3 nitrogen and oxygen atoms in total. The Kier molecular flexibility index (Phi) is 5.93. The molecular weight excluding hydrogens is 392 g/mol. The molecule has 2 rings (SSSR count). The molecule has 5 heteroatoms. The first kappa shape index (κ1) is 14.7. The molecule has 0 unspecified atom stereocenters. The molecule has 2 aliphatic rings. The summed E-state index contributed by atoms with van der Waals surface area (Å²) in [6.45, 7) is 1.41. The van der Waals surface area contributed by atoms with Crippen LogP contribution in [0.3, 0.4) is 0 Å². The van der Waals surface area contributed by atoms with Crippen LogP contribution in [0.1, 0.15) is 19.8 Å². The van der Waals surface area contributed by atoms with Crippen LogP contribution in [0.2, 0.25) is 0 Å². The number of hydrogen-bond donors (Lipinski definition) is 1. The average Bonchev–Trinajstić information content (AvgIpc) is 2.43. The quantitative estimate of drug-likeness (QED) is 0.389. The normalized spacial score (nSPS) is 38.4. The SMILES string of the molecule is CC(=O)O[C@H]1[CH][C@H]2C[C@@H]1[C@@H](O)C2.[Cl-].[Hg+]. The minimum atomic E-state index is -0.260. The molecule has 2 aliphatic carbocycles. The largest absolute Gasteiger partial charge is 1.00 e. The van der Waals surface area contributed by atoms with Crippen LogP contribution < -0.4 is 12.4 Å². The van der Waals surface area contributed by atoms with E-state index in [-0.39, 0.29) is 64.2 Å². The van der Waals surface area contributed by atoms with Crippen molar-refractivity contribution in [2.24, 2.45) is 11.8 Å². The van der Waals surface area contributed by atoms with Gasteiger partial charge in [-0.25, -0.2) is 0 Å². The number of carbonyl (C=O) groups excluding carboxylic acids is 1. The molecule has 0 amide bonds. The van der Waals surface area contributed by atoms with Crippen LogP contribution in [0, 0.1) is 18.3 Å². The van der Waals surface area contributed by atoms with Gasteiger partial charge in [-0.2, -0.15) is 0 Å². The standard InChI is InChI=1S/C9H13O3.ClH.Hg/c1-5(10)12-9-4-6-2-7(9)8(11)3-6;;/h4,6-9,11H,2-3H2,1H3;1H;/q;;+1/p-1/t6-,7+,8-,9-;;/m0../s1. The molecule has 2 saturated carbocycles. The van der Waals surface area contributed by atoms with E-state index in [9.17, 15) is 9.90 Å². The summed E-state index contributed by atoms with van der Waals surface area (Å²) in [5, 5.41) is 9.49. The zero-order valence-electron chi connectivity index (χ0n) is 8.15. The Morgan fingerprint density at radius 2 is 2.14 bits per heavy atom. The van der Waals surface area contributed by atoms with Crippen LogP contribution in [-0.2, 0) is 37.2 Å². The van der Waals surface area contributed by atoms with E-state index in [4.69, 9.17) is 4.74 Å². The van der Waals surface area contributed by atoms with Crippen molar-refractivity contribution in [2.45, 2.75) is 32.0 Å². The number of halogens is 1. The molecule has 0 saturated heterocycles. The number of hydrogen-bond acceptors (Lipinski definition) is 3. The molecule has 1 N–H and O–H groups in total. The maximum absolute atomic E-state index is 10.7. The molecule has 4 atom stereocenters. The molecule has 76 valence electrons. The third-order valence-electron chi connectivity index (χ3n) is 2.80. The van der Waals surface area contributed by atoms with E-state index in [0.29, 0.717) is 5.92 Å². The number of aliphatic hydroxyl groups excluding tert-OH is 1. The van der Waals surface area contributed by atoms with Gasteiger partial charge in [0.2, 0.25) is 0 Å². The number of esters is 1. The van der Waals surface area contributed by atoms with Crippen LogP contribution in [0.4, 0.5) is 0 Å². The zero-order chi connectivity index (χ0) is 8.72. The Morgan fingerprint density at radius 3 is 2.57 bits per heavy atom. The first-order valence-electron chi connectivity index (χ1n) is 4.37. The molecule has 2 radical (unpaired) electrons. The summed E-state index contributed by atoms with van der Waals surface area (Å²) in [6, 6.07) is 0. The van der Waals surface area contributed by atoms with E-state index in [1.807, 2.05) is 0 Å². The van der Waals surface area contributed by atoms with Crippen molar-refractivity contribution in [1.29, 1.82) is 0 Å². The van der Waals surface area contributed by atoms with E-state index < -0.39 is 0 Å². The number of rotatable bonds is 1. The molecule has 0 aromatic heterocycles. The Labute approximate surface area is 111 Å². The van der Waals surface area contributed by atoms with E-state index in [0.717, 1.165) is 12.8 Å². The molecule has 0 heterocycles. The van der Waals surface area contributed by atoms with Crippen LogP contribution in [0.5, 0.6) is 0 Å². The third-order valence-corrected chi connectivity index (χ3v) is 2.80. The third kappa shape index (κ3) is 2.83. The van der Waals surface area contributed by atoms with Crippen LogP contribution in [-0.4, -0.2) is 23.3 Å². The van der Waals surface area contributed by atoms with Gasteiger partial charge in [0.1, 0.15) is 6.10 Å². The van der Waals surface area contributed by atoms with Crippen molar-refractivity contribution in [1.82, 2.24) is 0 Å². The summed E-state index contributed by atoms with van der Waals surface area (Å²) in [5.74, 6) is 0.379. The second-order valence-electron chi connectivity index (χ2n) is 3.73. The molecule has 14 heavy (non-hydrogen) atoms. The molecule has 0 aromatic rings. The summed E-state index contributed by atoms with van der Waals surface area (Å²) >= 11 is 0. The van der Waals surface area contributed by atoms with Crippen LogP contribution >= 0.6 is 0 Å². The zero-order valence-corrected chi connectivity index (χ0v) is 14.4. The van der Waals surface area contributed by atoms with Gasteiger partial charge in [0, 0.05) is 19.3 Å². The molecular formula is C9H13ClHgO3. The second-order valence-corrected chi connectivity index (χ2v) is 3.73. The van der Waals surface area contributed by atoms with Gasteiger partial charge in [0.25, 0.3) is 0 Å². The van der Waals surface area contributed by atoms with E-state index in [2.05, 4.69) is 6.42 Å². The van der Waals surface area contributed by atoms with Gasteiger partial charge < -0.3 is 22.3 Å². The molecule has 0 aliphatic heterocycles. The predicted molar refractivity (Wildman–Crippen MR) is 42.1 cm³/mol. The second kappa shape index (κ2) is 5.66. The first-order valence-corrected chi connectivity index (χ1v) is 4.37. The smallest absolute Gasteiger partial charge is 1.00 e. The van der Waals surface area contributed by atoms with Gasteiger partial charge >= 0.3 is 33.6 Å². The Hall–Kier alpha value is 0.655. The fraction of sp³-hybridized carbons (Fsp3) is 0.778. The Morgan fingerprint density at radius 1 is 1.50 bits per heavy atom. The average molecular weight is 405 g/mol. The predicted octanol–water partition coefficient (Wildman–Crippen LogP) is -2.48. The fourth-order valence-electron chi connectivity index (χ4n) is 2.33. The molecule has 0 spiro atoms. The molecule has 2 bridgehead atoms. The topological polar surface area (TPSA) is 46.5 Å². The van der Waals surface area contributed by atoms with Crippen LogP contribution in [0.15, 0.2) is 0 Å². The number of ether oxygens (including phenoxy) is 1. The summed E-state index contributed by atoms with van der Waals surface area (Å²) < 4.78 is 5.06. The van der Waals surface area contributed by atoms with Gasteiger partial charge in [-0.1, -0.05) is 0 Å². The summed E-state index contributed by atoms with van der Waals surface area (Å²) in [4.78, 5) is 10.7. The van der Waals surface area contributed by atoms with E-state index >= 15 is 0 Å². The van der Waals surface area contributed by atoms with Gasteiger partial charge in [-0.15, -0.1) is 0 Å². The summed E-state index contributed by atoms with van der Waals surface area (Å²) in [5.41, 5.74) is 0. The first-order chi connectivity index (χ1) is 5.66. The van der Waals surface area contributed by atoms with Crippen molar-refractivity contribution < 1.29 is 54.7 Å². The summed E-state index contributed by atoms with van der Waals surface area (Å²) in [7, 11) is 0. The van der Waals surface area contributed by atoms with Crippen molar-refractivity contribution >= 4 is 5.97 Å². The molecule has 2 fully saturated rings. The van der Waals surface area contributed by atoms with Crippen molar-refractivity contribution in [2.75, 3.05) is 0 Å². The molecule has 0 aromatic carbocycles.